The number of hydrogen-bond donors (Lipinski definition) is 1. The van der Waals surface area contributed by atoms with Gasteiger partial charge in [-0.1, -0.05) is 49.2 Å². The van der Waals surface area contributed by atoms with Crippen LogP contribution in [0.3, 0.4) is 0 Å². The summed E-state index contributed by atoms with van der Waals surface area (Å²) in [5.74, 6) is 0. The molecule has 6 heteroatoms. The lowest BCUT2D eigenvalue weighted by atomic mass is 10.1. The molecule has 0 unspecified atom stereocenters. The van der Waals surface area contributed by atoms with E-state index in [4.69, 9.17) is 33.2 Å². The quantitative estimate of drug-likeness (QED) is 0.238. The van der Waals surface area contributed by atoms with E-state index >= 15 is 0 Å². The van der Waals surface area contributed by atoms with E-state index in [-0.39, 0.29) is 6.04 Å². The van der Waals surface area contributed by atoms with E-state index in [0.29, 0.717) is 10.0 Å². The van der Waals surface area contributed by atoms with Gasteiger partial charge in [-0.05, 0) is 85.6 Å². The summed E-state index contributed by atoms with van der Waals surface area (Å²) in [7, 11) is 0. The topological polar surface area (TPSA) is 42.2 Å². The van der Waals surface area contributed by atoms with Crippen LogP contribution in [0.25, 0.3) is 28.1 Å². The Morgan fingerprint density at radius 3 is 2.20 bits per heavy atom. The molecule has 0 saturated carbocycles. The third-order valence-corrected chi connectivity index (χ3v) is 6.67. The molecular formula is C29H26Cl2N4. The molecule has 176 valence electrons. The van der Waals surface area contributed by atoms with Crippen LogP contribution in [0.15, 0.2) is 89.9 Å². The minimum absolute atomic E-state index is 0.232. The minimum Gasteiger partial charge on any atom is -0.354 e. The molecule has 0 saturated heterocycles. The second-order valence-electron chi connectivity index (χ2n) is 8.50. The minimum atomic E-state index is 0.232. The Labute approximate surface area is 215 Å². The smallest absolute Gasteiger partial charge is 0.0900 e. The first-order valence-corrected chi connectivity index (χ1v) is 12.6. The molecular weight excluding hydrogens is 475 g/mol. The highest BCUT2D eigenvalue weighted by molar-refractivity contribution is 6.30. The Bertz CT molecular complexity index is 1500. The van der Waals surface area contributed by atoms with E-state index in [9.17, 15) is 0 Å². The second kappa shape index (κ2) is 10.1. The Morgan fingerprint density at radius 1 is 0.857 bits per heavy atom. The number of benzene rings is 4. The van der Waals surface area contributed by atoms with Crippen LogP contribution in [0.2, 0.25) is 10.0 Å². The summed E-state index contributed by atoms with van der Waals surface area (Å²) >= 11 is 12.3. The van der Waals surface area contributed by atoms with Crippen molar-refractivity contribution >= 4 is 45.6 Å². The van der Waals surface area contributed by atoms with Crippen molar-refractivity contribution < 1.29 is 0 Å². The second-order valence-corrected chi connectivity index (χ2v) is 9.37. The van der Waals surface area contributed by atoms with E-state index < -0.39 is 0 Å². The van der Waals surface area contributed by atoms with E-state index in [1.165, 1.54) is 0 Å². The van der Waals surface area contributed by atoms with Crippen LogP contribution >= 0.6 is 23.2 Å². The Morgan fingerprint density at radius 2 is 1.51 bits per heavy atom. The van der Waals surface area contributed by atoms with Gasteiger partial charge in [-0.2, -0.15) is 0 Å². The maximum absolute atomic E-state index is 6.20. The van der Waals surface area contributed by atoms with Gasteiger partial charge in [0.2, 0.25) is 0 Å². The first kappa shape index (κ1) is 23.4. The van der Waals surface area contributed by atoms with Crippen molar-refractivity contribution in [3.8, 4) is 17.1 Å². The number of nitrogens with one attached hydrogen (secondary N) is 1. The van der Waals surface area contributed by atoms with Gasteiger partial charge in [0, 0.05) is 21.4 Å². The van der Waals surface area contributed by atoms with E-state index in [0.717, 1.165) is 57.7 Å². The van der Waals surface area contributed by atoms with Gasteiger partial charge in [-0.25, -0.2) is 4.98 Å². The summed E-state index contributed by atoms with van der Waals surface area (Å²) in [6.45, 7) is 4.35. The molecule has 1 N–H and O–H groups in total. The van der Waals surface area contributed by atoms with Gasteiger partial charge in [0.1, 0.15) is 0 Å². The number of rotatable bonds is 6. The molecule has 2 aliphatic rings. The lowest BCUT2D eigenvalue weighted by Crippen LogP contribution is -2.17. The average Bonchev–Trinajstić information content (AvgIpc) is 2.88. The van der Waals surface area contributed by atoms with Crippen LogP contribution in [0.1, 0.15) is 26.7 Å². The summed E-state index contributed by atoms with van der Waals surface area (Å²) in [5.41, 5.74) is 6.67. The molecule has 0 amide bonds. The molecule has 3 aromatic carbocycles. The lowest BCUT2D eigenvalue weighted by molar-refractivity contribution is 0.617. The number of aromatic nitrogens is 2. The van der Waals surface area contributed by atoms with Crippen LogP contribution in [-0.2, 0) is 0 Å². The molecule has 0 atom stereocenters. The molecule has 5 rings (SSSR count). The molecule has 0 fully saturated rings. The fourth-order valence-corrected chi connectivity index (χ4v) is 4.53. The fourth-order valence-electron chi connectivity index (χ4n) is 4.27. The summed E-state index contributed by atoms with van der Waals surface area (Å²) in [6, 6.07) is 28.2. The standard InChI is InChI=1S/C29H26Cl2N4/c1-3-21(4-2)32-26-18-29-27(17-25(26)33-22-13-9-19(30)10-14-22)34-24-7-5-6-8-28(24)35(29)23-15-11-20(31)12-16-23/h5-18,21,33H,3-4H2,1-2H3. The maximum Gasteiger partial charge on any atom is 0.0900 e. The van der Waals surface area contributed by atoms with Crippen molar-refractivity contribution in [2.24, 2.45) is 4.99 Å². The van der Waals surface area contributed by atoms with Crippen molar-refractivity contribution in [2.75, 3.05) is 5.32 Å². The highest BCUT2D eigenvalue weighted by Crippen LogP contribution is 2.31. The van der Waals surface area contributed by atoms with Crippen LogP contribution in [0, 0.1) is 0 Å². The molecule has 0 radical (unpaired) electrons. The SMILES string of the molecule is CCC(CC)N=c1cc2n(-c3ccc(Cl)cc3)c3ccccc3nc-2cc1Nc1ccc(Cl)cc1. The van der Waals surface area contributed by atoms with Gasteiger partial charge in [0.05, 0.1) is 39.5 Å². The van der Waals surface area contributed by atoms with Crippen LogP contribution in [0.5, 0.6) is 0 Å². The predicted octanol–water partition coefficient (Wildman–Crippen LogP) is 8.27. The van der Waals surface area contributed by atoms with Crippen molar-refractivity contribution in [3.05, 3.63) is 100 Å². The highest BCUT2D eigenvalue weighted by atomic mass is 35.5. The van der Waals surface area contributed by atoms with Gasteiger partial charge >= 0.3 is 0 Å². The monoisotopic (exact) mass is 500 g/mol. The lowest BCUT2D eigenvalue weighted by Gasteiger charge is -2.20. The largest absolute Gasteiger partial charge is 0.354 e. The predicted molar refractivity (Wildman–Crippen MR) is 147 cm³/mol. The van der Waals surface area contributed by atoms with Gasteiger partial charge < -0.3 is 9.88 Å². The normalized spacial score (nSPS) is 12.1. The number of hydrogen-bond acceptors (Lipinski definition) is 3. The molecule has 0 aromatic heterocycles. The maximum atomic E-state index is 6.20. The van der Waals surface area contributed by atoms with Crippen molar-refractivity contribution in [1.29, 1.82) is 0 Å². The number of nitrogens with zero attached hydrogens (tertiary/aromatic N) is 3. The summed E-state index contributed by atoms with van der Waals surface area (Å²) in [5, 5.41) is 5.85. The van der Waals surface area contributed by atoms with Gasteiger partial charge in [0.25, 0.3) is 0 Å². The molecule has 35 heavy (non-hydrogen) atoms. The zero-order valence-corrected chi connectivity index (χ0v) is 21.2. The first-order valence-electron chi connectivity index (χ1n) is 11.8. The van der Waals surface area contributed by atoms with Crippen molar-refractivity contribution in [1.82, 2.24) is 9.55 Å². The van der Waals surface area contributed by atoms with E-state index in [1.807, 2.05) is 66.7 Å². The highest BCUT2D eigenvalue weighted by Gasteiger charge is 2.17. The Hall–Kier alpha value is -3.34. The summed E-state index contributed by atoms with van der Waals surface area (Å²) in [4.78, 5) is 10.1. The zero-order valence-electron chi connectivity index (χ0n) is 19.7. The Balaban J connectivity index is 1.81. The van der Waals surface area contributed by atoms with Crippen LogP contribution < -0.4 is 10.7 Å². The average molecular weight is 501 g/mol. The number of para-hydroxylation sites is 2. The molecule has 1 heterocycles. The van der Waals surface area contributed by atoms with E-state index in [1.54, 1.807) is 0 Å². The van der Waals surface area contributed by atoms with Crippen molar-refractivity contribution in [2.45, 2.75) is 32.7 Å². The Kier molecular flexibility index (Phi) is 6.76. The van der Waals surface area contributed by atoms with E-state index in [2.05, 4.69) is 41.9 Å². The summed E-state index contributed by atoms with van der Waals surface area (Å²) < 4.78 is 2.23. The third-order valence-electron chi connectivity index (χ3n) is 6.17. The van der Waals surface area contributed by atoms with Crippen LogP contribution in [0.4, 0.5) is 11.4 Å². The van der Waals surface area contributed by atoms with Gasteiger partial charge in [0.15, 0.2) is 0 Å². The molecule has 3 aromatic rings. The number of halogens is 2. The number of fused-ring (bicyclic) bond motifs is 2. The molecule has 4 nitrogen and oxygen atoms in total. The third kappa shape index (κ3) is 4.90. The first-order chi connectivity index (χ1) is 17.1. The molecule has 0 spiro atoms. The fraction of sp³-hybridized carbons (Fsp3) is 0.172. The zero-order chi connectivity index (χ0) is 24.4. The van der Waals surface area contributed by atoms with Crippen LogP contribution in [-0.4, -0.2) is 15.6 Å². The summed E-state index contributed by atoms with van der Waals surface area (Å²) in [6.07, 6.45) is 1.95. The molecule has 1 aliphatic carbocycles. The molecule has 1 aliphatic heterocycles. The van der Waals surface area contributed by atoms with Gasteiger partial charge in [-0.15, -0.1) is 0 Å². The van der Waals surface area contributed by atoms with Crippen molar-refractivity contribution in [3.63, 3.8) is 0 Å². The van der Waals surface area contributed by atoms with Gasteiger partial charge in [-0.3, -0.25) is 4.99 Å². The number of anilines is 2. The molecule has 0 bridgehead atoms.